The van der Waals surface area contributed by atoms with Gasteiger partial charge in [0.05, 0.1) is 16.1 Å². The maximum Gasteiger partial charge on any atom is 0.338 e. The van der Waals surface area contributed by atoms with E-state index in [1.165, 1.54) is 11.3 Å². The summed E-state index contributed by atoms with van der Waals surface area (Å²) in [7, 11) is 0. The van der Waals surface area contributed by atoms with Gasteiger partial charge in [-0.15, -0.1) is 11.3 Å². The van der Waals surface area contributed by atoms with E-state index in [2.05, 4.69) is 5.32 Å². The van der Waals surface area contributed by atoms with Gasteiger partial charge in [0.25, 0.3) is 5.91 Å². The average Bonchev–Trinajstić information content (AvgIpc) is 2.65. The van der Waals surface area contributed by atoms with Crippen molar-refractivity contribution < 1.29 is 14.7 Å². The summed E-state index contributed by atoms with van der Waals surface area (Å²) in [6.07, 6.45) is 0. The summed E-state index contributed by atoms with van der Waals surface area (Å²) in [5.74, 6) is -1.47. The smallest absolute Gasteiger partial charge is 0.338 e. The standard InChI is InChI=1S/C14H12ClNO3S/c1-7-8(2)20-13(11(7)14(18)19)16-12(17)9-5-3-4-6-10(9)15/h3-6H,1-2H3,(H,16,17)(H,18,19). The Kier molecular flexibility index (Phi) is 4.11. The van der Waals surface area contributed by atoms with E-state index in [-0.39, 0.29) is 5.56 Å². The largest absolute Gasteiger partial charge is 0.478 e. The molecule has 104 valence electrons. The van der Waals surface area contributed by atoms with Crippen LogP contribution in [0, 0.1) is 13.8 Å². The second kappa shape index (κ2) is 5.64. The number of thiophene rings is 1. The zero-order chi connectivity index (χ0) is 14.9. The number of anilines is 1. The highest BCUT2D eigenvalue weighted by atomic mass is 35.5. The summed E-state index contributed by atoms with van der Waals surface area (Å²) >= 11 is 7.19. The van der Waals surface area contributed by atoms with Crippen molar-refractivity contribution in [3.8, 4) is 0 Å². The number of aromatic carboxylic acids is 1. The van der Waals surface area contributed by atoms with Gasteiger partial charge in [-0.25, -0.2) is 4.79 Å². The molecular formula is C14H12ClNO3S. The molecule has 1 aromatic heterocycles. The Morgan fingerprint density at radius 3 is 2.50 bits per heavy atom. The third-order valence-corrected chi connectivity index (χ3v) is 4.40. The summed E-state index contributed by atoms with van der Waals surface area (Å²) in [5, 5.41) is 12.5. The lowest BCUT2D eigenvalue weighted by Crippen LogP contribution is -2.14. The van der Waals surface area contributed by atoms with Gasteiger partial charge in [-0.1, -0.05) is 23.7 Å². The van der Waals surface area contributed by atoms with E-state index in [1.54, 1.807) is 31.2 Å². The van der Waals surface area contributed by atoms with Crippen LogP contribution < -0.4 is 5.32 Å². The number of benzene rings is 1. The van der Waals surface area contributed by atoms with Gasteiger partial charge in [-0.2, -0.15) is 0 Å². The number of carbonyl (C=O) groups is 2. The maximum absolute atomic E-state index is 12.1. The molecule has 2 aromatic rings. The predicted molar refractivity (Wildman–Crippen MR) is 80.2 cm³/mol. The quantitative estimate of drug-likeness (QED) is 0.901. The normalized spacial score (nSPS) is 10.3. The Bertz CT molecular complexity index is 694. The molecular weight excluding hydrogens is 298 g/mol. The number of hydrogen-bond acceptors (Lipinski definition) is 3. The summed E-state index contributed by atoms with van der Waals surface area (Å²) in [4.78, 5) is 24.3. The van der Waals surface area contributed by atoms with Crippen molar-refractivity contribution in [3.05, 3.63) is 50.9 Å². The molecule has 20 heavy (non-hydrogen) atoms. The zero-order valence-electron chi connectivity index (χ0n) is 10.9. The van der Waals surface area contributed by atoms with Crippen LogP contribution in [0.3, 0.4) is 0 Å². The first-order valence-electron chi connectivity index (χ1n) is 5.81. The van der Waals surface area contributed by atoms with Crippen LogP contribution in [0.15, 0.2) is 24.3 Å². The Morgan fingerprint density at radius 2 is 1.90 bits per heavy atom. The van der Waals surface area contributed by atoms with E-state index in [0.717, 1.165) is 4.88 Å². The monoisotopic (exact) mass is 309 g/mol. The Hall–Kier alpha value is -1.85. The number of carboxylic acid groups (broad SMARTS) is 1. The fourth-order valence-electron chi connectivity index (χ4n) is 1.79. The van der Waals surface area contributed by atoms with E-state index >= 15 is 0 Å². The van der Waals surface area contributed by atoms with E-state index in [1.807, 2.05) is 6.92 Å². The first-order valence-corrected chi connectivity index (χ1v) is 7.00. The average molecular weight is 310 g/mol. The molecule has 1 aromatic carbocycles. The van der Waals surface area contributed by atoms with Crippen LogP contribution in [0.4, 0.5) is 5.00 Å². The second-order valence-corrected chi connectivity index (χ2v) is 5.86. The number of nitrogens with one attached hydrogen (secondary N) is 1. The molecule has 0 unspecified atom stereocenters. The van der Waals surface area contributed by atoms with Crippen molar-refractivity contribution in [2.24, 2.45) is 0 Å². The van der Waals surface area contributed by atoms with Crippen LogP contribution in [-0.4, -0.2) is 17.0 Å². The van der Waals surface area contributed by atoms with Crippen LogP contribution in [0.2, 0.25) is 5.02 Å². The minimum Gasteiger partial charge on any atom is -0.478 e. The molecule has 0 saturated heterocycles. The fourth-order valence-corrected chi connectivity index (χ4v) is 3.06. The number of halogens is 1. The van der Waals surface area contributed by atoms with Gasteiger partial charge >= 0.3 is 5.97 Å². The molecule has 0 aliphatic heterocycles. The molecule has 6 heteroatoms. The molecule has 1 heterocycles. The maximum atomic E-state index is 12.1. The minimum absolute atomic E-state index is 0.132. The van der Waals surface area contributed by atoms with Gasteiger partial charge < -0.3 is 10.4 Å². The van der Waals surface area contributed by atoms with Crippen LogP contribution in [0.5, 0.6) is 0 Å². The Morgan fingerprint density at radius 1 is 1.25 bits per heavy atom. The van der Waals surface area contributed by atoms with Crippen molar-refractivity contribution in [1.29, 1.82) is 0 Å². The molecule has 0 atom stereocenters. The molecule has 0 bridgehead atoms. The van der Waals surface area contributed by atoms with E-state index < -0.39 is 11.9 Å². The van der Waals surface area contributed by atoms with Gasteiger partial charge in [-0.05, 0) is 31.5 Å². The van der Waals surface area contributed by atoms with Crippen molar-refractivity contribution >= 4 is 39.8 Å². The first kappa shape index (κ1) is 14.6. The summed E-state index contributed by atoms with van der Waals surface area (Å²) < 4.78 is 0. The minimum atomic E-state index is -1.05. The topological polar surface area (TPSA) is 66.4 Å². The Labute approximate surface area is 125 Å². The highest BCUT2D eigenvalue weighted by Gasteiger charge is 2.21. The van der Waals surface area contributed by atoms with E-state index in [4.69, 9.17) is 11.6 Å². The zero-order valence-corrected chi connectivity index (χ0v) is 12.4. The molecule has 0 spiro atoms. The second-order valence-electron chi connectivity index (χ2n) is 4.23. The highest BCUT2D eigenvalue weighted by Crippen LogP contribution is 2.33. The van der Waals surface area contributed by atoms with Crippen molar-refractivity contribution in [2.45, 2.75) is 13.8 Å². The number of rotatable bonds is 3. The van der Waals surface area contributed by atoms with Gasteiger partial charge in [0, 0.05) is 4.88 Å². The molecule has 0 fully saturated rings. The van der Waals surface area contributed by atoms with Crippen LogP contribution in [0.1, 0.15) is 31.2 Å². The third kappa shape index (κ3) is 2.69. The molecule has 0 saturated carbocycles. The number of aryl methyl sites for hydroxylation is 1. The SMILES string of the molecule is Cc1sc(NC(=O)c2ccccc2Cl)c(C(=O)O)c1C. The fraction of sp³-hybridized carbons (Fsp3) is 0.143. The first-order chi connectivity index (χ1) is 9.41. The van der Waals surface area contributed by atoms with Crippen molar-refractivity contribution in [2.75, 3.05) is 5.32 Å². The molecule has 0 aliphatic rings. The van der Waals surface area contributed by atoms with Gasteiger partial charge in [-0.3, -0.25) is 4.79 Å². The lowest BCUT2D eigenvalue weighted by Gasteiger charge is -2.06. The number of amides is 1. The molecule has 4 nitrogen and oxygen atoms in total. The van der Waals surface area contributed by atoms with Crippen LogP contribution in [-0.2, 0) is 0 Å². The number of carbonyl (C=O) groups excluding carboxylic acids is 1. The lowest BCUT2D eigenvalue weighted by molar-refractivity contribution is 0.0697. The summed E-state index contributed by atoms with van der Waals surface area (Å²) in [6, 6.07) is 6.62. The van der Waals surface area contributed by atoms with Gasteiger partial charge in [0.2, 0.25) is 0 Å². The van der Waals surface area contributed by atoms with E-state index in [9.17, 15) is 14.7 Å². The van der Waals surface area contributed by atoms with Crippen molar-refractivity contribution in [3.63, 3.8) is 0 Å². The molecule has 1 amide bonds. The lowest BCUT2D eigenvalue weighted by atomic mass is 10.1. The van der Waals surface area contributed by atoms with E-state index in [0.29, 0.717) is 21.2 Å². The van der Waals surface area contributed by atoms with Crippen molar-refractivity contribution in [1.82, 2.24) is 0 Å². The third-order valence-electron chi connectivity index (χ3n) is 2.94. The predicted octanol–water partition coefficient (Wildman–Crippen LogP) is 3.97. The Balaban J connectivity index is 2.36. The molecule has 0 aliphatic carbocycles. The summed E-state index contributed by atoms with van der Waals surface area (Å²) in [6.45, 7) is 3.54. The molecule has 2 N–H and O–H groups in total. The number of hydrogen-bond donors (Lipinski definition) is 2. The highest BCUT2D eigenvalue weighted by molar-refractivity contribution is 7.16. The van der Waals surface area contributed by atoms with Gasteiger partial charge in [0.15, 0.2) is 0 Å². The van der Waals surface area contributed by atoms with Gasteiger partial charge in [0.1, 0.15) is 5.00 Å². The number of carboxylic acids is 1. The summed E-state index contributed by atoms with van der Waals surface area (Å²) in [5.41, 5.74) is 1.11. The molecule has 2 rings (SSSR count). The van der Waals surface area contributed by atoms with Crippen LogP contribution in [0.25, 0.3) is 0 Å². The molecule has 0 radical (unpaired) electrons. The van der Waals surface area contributed by atoms with Crippen LogP contribution >= 0.6 is 22.9 Å².